The van der Waals surface area contributed by atoms with Crippen molar-refractivity contribution in [3.05, 3.63) is 0 Å². The van der Waals surface area contributed by atoms with Crippen molar-refractivity contribution in [2.24, 2.45) is 0 Å². The van der Waals surface area contributed by atoms with Gasteiger partial charge in [0.1, 0.15) is 12.2 Å². The molecule has 7 nitrogen and oxygen atoms in total. The molecule has 0 saturated carbocycles. The van der Waals surface area contributed by atoms with Crippen molar-refractivity contribution in [2.45, 2.75) is 52.9 Å². The van der Waals surface area contributed by atoms with E-state index in [-0.39, 0.29) is 12.2 Å². The van der Waals surface area contributed by atoms with Crippen molar-refractivity contribution < 1.29 is 34.5 Å². The van der Waals surface area contributed by atoms with Crippen molar-refractivity contribution in [1.82, 2.24) is 0 Å². The second kappa shape index (κ2) is 16.1. The third-order valence-corrected chi connectivity index (χ3v) is 1.33. The van der Waals surface area contributed by atoms with Crippen molar-refractivity contribution in [3.8, 4) is 0 Å². The fraction of sp³-hybridized carbons (Fsp3) is 0.667. The Hall–Kier alpha value is -1.92. The Kier molecular flexibility index (Phi) is 18.9. The van der Waals surface area contributed by atoms with Crippen LogP contribution in [0.2, 0.25) is 0 Å². The molecule has 19 heavy (non-hydrogen) atoms. The van der Waals surface area contributed by atoms with Gasteiger partial charge in [0.2, 0.25) is 0 Å². The van der Waals surface area contributed by atoms with E-state index in [1.54, 1.807) is 0 Å². The van der Waals surface area contributed by atoms with Crippen LogP contribution in [-0.2, 0) is 19.2 Å². The van der Waals surface area contributed by atoms with Crippen molar-refractivity contribution in [2.75, 3.05) is 0 Å². The molecule has 0 aliphatic rings. The van der Waals surface area contributed by atoms with Gasteiger partial charge in [-0.2, -0.15) is 0 Å². The van der Waals surface area contributed by atoms with Crippen LogP contribution in [0.25, 0.3) is 0 Å². The lowest BCUT2D eigenvalue weighted by molar-refractivity contribution is -0.140. The number of ketones is 1. The number of rotatable bonds is 6. The lowest BCUT2D eigenvalue weighted by atomic mass is 10.3. The third-order valence-electron chi connectivity index (χ3n) is 1.33. The molecule has 0 amide bonds. The van der Waals surface area contributed by atoms with Gasteiger partial charge in [-0.05, 0) is 19.8 Å². The quantitative estimate of drug-likeness (QED) is 0.631. The molecule has 0 saturated heterocycles. The largest absolute Gasteiger partial charge is 0.481 e. The van der Waals surface area contributed by atoms with Crippen molar-refractivity contribution in [1.29, 1.82) is 0 Å². The van der Waals surface area contributed by atoms with Gasteiger partial charge in [0.05, 0.1) is 0 Å². The molecule has 0 atom stereocenters. The van der Waals surface area contributed by atoms with Gasteiger partial charge in [0, 0.05) is 12.8 Å². The first kappa shape index (κ1) is 22.3. The second-order valence-electron chi connectivity index (χ2n) is 3.56. The number of carboxylic acids is 3. The van der Waals surface area contributed by atoms with Gasteiger partial charge in [0.15, 0.2) is 0 Å². The lowest BCUT2D eigenvalue weighted by Crippen LogP contribution is -2.00. The van der Waals surface area contributed by atoms with Gasteiger partial charge in [-0.3, -0.25) is 19.2 Å². The molecule has 0 aliphatic carbocycles. The fourth-order valence-electron chi connectivity index (χ4n) is 0.641. The minimum atomic E-state index is -1.06. The van der Waals surface area contributed by atoms with E-state index in [0.29, 0.717) is 12.8 Å². The normalized spacial score (nSPS) is 8.16. The van der Waals surface area contributed by atoms with E-state index in [1.807, 2.05) is 13.8 Å². The highest BCUT2D eigenvalue weighted by atomic mass is 16.4. The van der Waals surface area contributed by atoms with Crippen molar-refractivity contribution in [3.63, 3.8) is 0 Å². The topological polar surface area (TPSA) is 129 Å². The van der Waals surface area contributed by atoms with Crippen LogP contribution in [-0.4, -0.2) is 39.0 Å². The van der Waals surface area contributed by atoms with E-state index in [1.165, 1.54) is 6.92 Å². The molecule has 0 radical (unpaired) electrons. The zero-order valence-corrected chi connectivity index (χ0v) is 11.5. The summed E-state index contributed by atoms with van der Waals surface area (Å²) in [5.74, 6) is -2.80. The molecule has 7 heteroatoms. The molecule has 0 spiro atoms. The maximum atomic E-state index is 9.87. The SMILES string of the molecule is CC(=O)CC(=O)O.CCCC(=O)O.CCCC(=O)O. The Morgan fingerprint density at radius 3 is 1.05 bits per heavy atom. The highest BCUT2D eigenvalue weighted by molar-refractivity contribution is 5.93. The van der Waals surface area contributed by atoms with Crippen molar-refractivity contribution >= 4 is 23.7 Å². The monoisotopic (exact) mass is 278 g/mol. The second-order valence-corrected chi connectivity index (χ2v) is 3.56. The number of hydrogen-bond acceptors (Lipinski definition) is 4. The molecular formula is C12H22O7. The summed E-state index contributed by atoms with van der Waals surface area (Å²) in [6, 6.07) is 0. The Morgan fingerprint density at radius 2 is 1.05 bits per heavy atom. The molecule has 0 aromatic carbocycles. The zero-order valence-electron chi connectivity index (χ0n) is 11.5. The Morgan fingerprint density at radius 1 is 0.737 bits per heavy atom. The van der Waals surface area contributed by atoms with E-state index in [0.717, 1.165) is 12.8 Å². The lowest BCUT2D eigenvalue weighted by Gasteiger charge is -1.80. The van der Waals surface area contributed by atoms with E-state index in [4.69, 9.17) is 15.3 Å². The molecule has 0 bridgehead atoms. The highest BCUT2D eigenvalue weighted by Gasteiger charge is 1.98. The summed E-state index contributed by atoms with van der Waals surface area (Å²) in [5.41, 5.74) is 0. The highest BCUT2D eigenvalue weighted by Crippen LogP contribution is 1.82. The Bertz CT molecular complexity index is 256. The smallest absolute Gasteiger partial charge is 0.310 e. The van der Waals surface area contributed by atoms with Crippen LogP contribution in [0.1, 0.15) is 52.9 Å². The van der Waals surface area contributed by atoms with Crippen LogP contribution in [0.15, 0.2) is 0 Å². The summed E-state index contributed by atoms with van der Waals surface area (Å²) in [6.07, 6.45) is 1.69. The van der Waals surface area contributed by atoms with Crippen LogP contribution in [0, 0.1) is 0 Å². The third kappa shape index (κ3) is 48.8. The summed E-state index contributed by atoms with van der Waals surface area (Å²) < 4.78 is 0. The fourth-order valence-corrected chi connectivity index (χ4v) is 0.641. The Balaban J connectivity index is -0.000000203. The maximum Gasteiger partial charge on any atom is 0.310 e. The first-order valence-electron chi connectivity index (χ1n) is 5.82. The predicted octanol–water partition coefficient (Wildman–Crippen LogP) is 1.79. The molecule has 0 aromatic rings. The Labute approximate surface area is 112 Å². The molecule has 0 aromatic heterocycles. The summed E-state index contributed by atoms with van der Waals surface area (Å²) in [5, 5.41) is 23.7. The van der Waals surface area contributed by atoms with Gasteiger partial charge in [-0.25, -0.2) is 0 Å². The molecule has 0 aliphatic heterocycles. The molecule has 0 rings (SSSR count). The summed E-state index contributed by atoms with van der Waals surface area (Å²) in [4.78, 5) is 38.7. The number of hydrogen-bond donors (Lipinski definition) is 3. The van der Waals surface area contributed by atoms with Gasteiger partial charge in [-0.15, -0.1) is 0 Å². The van der Waals surface area contributed by atoms with Gasteiger partial charge in [0.25, 0.3) is 0 Å². The molecular weight excluding hydrogens is 256 g/mol. The molecule has 0 heterocycles. The number of Topliss-reactive ketones (excluding diaryl/α,β-unsaturated/α-hetero) is 1. The van der Waals surface area contributed by atoms with Crippen LogP contribution >= 0.6 is 0 Å². The minimum Gasteiger partial charge on any atom is -0.481 e. The van der Waals surface area contributed by atoms with Crippen LogP contribution < -0.4 is 0 Å². The minimum absolute atomic E-state index is 0.292. The van der Waals surface area contributed by atoms with Gasteiger partial charge in [-0.1, -0.05) is 13.8 Å². The van der Waals surface area contributed by atoms with E-state index < -0.39 is 17.9 Å². The summed E-state index contributed by atoms with van der Waals surface area (Å²) in [6.45, 7) is 4.93. The standard InChI is InChI=1S/C4H6O3.2C4H8O2/c1-3(5)2-4(6)7;2*1-2-3-4(5)6/h2H2,1H3,(H,6,7);2*2-3H2,1H3,(H,5,6). The first-order valence-corrected chi connectivity index (χ1v) is 5.82. The summed E-state index contributed by atoms with van der Waals surface area (Å²) in [7, 11) is 0. The van der Waals surface area contributed by atoms with E-state index in [2.05, 4.69) is 0 Å². The average Bonchev–Trinajstić information content (AvgIpc) is 2.15. The number of carbonyl (C=O) groups is 4. The van der Waals surface area contributed by atoms with Crippen LogP contribution in [0.5, 0.6) is 0 Å². The van der Waals surface area contributed by atoms with Gasteiger partial charge < -0.3 is 15.3 Å². The van der Waals surface area contributed by atoms with E-state index in [9.17, 15) is 19.2 Å². The zero-order chi connectivity index (χ0) is 15.8. The first-order chi connectivity index (χ1) is 8.67. The molecule has 0 unspecified atom stereocenters. The summed E-state index contributed by atoms with van der Waals surface area (Å²) >= 11 is 0. The number of aliphatic carboxylic acids is 3. The average molecular weight is 278 g/mol. The van der Waals surface area contributed by atoms with E-state index >= 15 is 0 Å². The number of carbonyl (C=O) groups excluding carboxylic acids is 1. The van der Waals surface area contributed by atoms with Crippen LogP contribution in [0.4, 0.5) is 0 Å². The van der Waals surface area contributed by atoms with Gasteiger partial charge >= 0.3 is 17.9 Å². The molecule has 3 N–H and O–H groups in total. The predicted molar refractivity (Wildman–Crippen MR) is 68.0 cm³/mol. The molecule has 112 valence electrons. The molecule has 0 fully saturated rings. The maximum absolute atomic E-state index is 9.87. The number of carboxylic acid groups (broad SMARTS) is 3. The van der Waals surface area contributed by atoms with Crippen LogP contribution in [0.3, 0.4) is 0 Å².